The summed E-state index contributed by atoms with van der Waals surface area (Å²) in [7, 11) is 4.10. The quantitative estimate of drug-likeness (QED) is 0.451. The van der Waals surface area contributed by atoms with Gasteiger partial charge in [0.15, 0.2) is 0 Å². The maximum Gasteiger partial charge on any atom is 0.251 e. The van der Waals surface area contributed by atoms with Crippen LogP contribution < -0.4 is 5.32 Å². The van der Waals surface area contributed by atoms with Crippen LogP contribution in [0.2, 0.25) is 0 Å². The molecule has 1 atom stereocenters. The van der Waals surface area contributed by atoms with Crippen LogP contribution in [0.1, 0.15) is 33.9 Å². The fraction of sp³-hybridized carbons (Fsp3) is 0.231. The summed E-state index contributed by atoms with van der Waals surface area (Å²) in [5, 5.41) is 11.4. The Hall–Kier alpha value is -3.44. The minimum atomic E-state index is -0.0588. The van der Waals surface area contributed by atoms with Crippen molar-refractivity contribution in [3.05, 3.63) is 89.6 Å². The SMILES string of the molecule is Cc1cccc(C(CCN(C)C)NC(=O)c2cccc(-c3ccc4[nH]ncc4c3)c2)c1. The van der Waals surface area contributed by atoms with E-state index in [0.29, 0.717) is 5.56 Å². The second-order valence-electron chi connectivity index (χ2n) is 8.28. The molecule has 4 rings (SSSR count). The molecule has 2 N–H and O–H groups in total. The molecule has 5 nitrogen and oxygen atoms in total. The second kappa shape index (κ2) is 9.14. The van der Waals surface area contributed by atoms with Gasteiger partial charge in [-0.25, -0.2) is 0 Å². The number of hydrogen-bond acceptors (Lipinski definition) is 3. The molecular weight excluding hydrogens is 384 g/mol. The molecule has 1 unspecified atom stereocenters. The molecule has 0 fully saturated rings. The summed E-state index contributed by atoms with van der Waals surface area (Å²) in [6, 6.07) is 22.3. The minimum Gasteiger partial charge on any atom is -0.345 e. The molecule has 0 bridgehead atoms. The maximum absolute atomic E-state index is 13.2. The molecule has 0 aliphatic rings. The summed E-state index contributed by atoms with van der Waals surface area (Å²) in [5.41, 5.74) is 6.06. The van der Waals surface area contributed by atoms with Crippen molar-refractivity contribution in [1.82, 2.24) is 20.4 Å². The first-order valence-electron chi connectivity index (χ1n) is 10.6. The van der Waals surface area contributed by atoms with Gasteiger partial charge in [0.1, 0.15) is 0 Å². The van der Waals surface area contributed by atoms with Gasteiger partial charge in [0.25, 0.3) is 5.91 Å². The lowest BCUT2D eigenvalue weighted by Crippen LogP contribution is -2.31. The summed E-state index contributed by atoms with van der Waals surface area (Å²) in [6.07, 6.45) is 2.66. The number of aryl methyl sites for hydroxylation is 1. The van der Waals surface area contributed by atoms with E-state index in [1.54, 1.807) is 0 Å². The normalized spacial score (nSPS) is 12.3. The Morgan fingerprint density at radius 2 is 1.84 bits per heavy atom. The van der Waals surface area contributed by atoms with Crippen LogP contribution in [0.5, 0.6) is 0 Å². The highest BCUT2D eigenvalue weighted by atomic mass is 16.1. The van der Waals surface area contributed by atoms with Crippen molar-refractivity contribution in [3.8, 4) is 11.1 Å². The van der Waals surface area contributed by atoms with Gasteiger partial charge < -0.3 is 10.2 Å². The van der Waals surface area contributed by atoms with E-state index < -0.39 is 0 Å². The summed E-state index contributed by atoms with van der Waals surface area (Å²) in [6.45, 7) is 2.97. The predicted molar refractivity (Wildman–Crippen MR) is 126 cm³/mol. The van der Waals surface area contributed by atoms with Crippen molar-refractivity contribution in [1.29, 1.82) is 0 Å². The van der Waals surface area contributed by atoms with E-state index in [1.165, 1.54) is 5.56 Å². The molecule has 31 heavy (non-hydrogen) atoms. The third kappa shape index (κ3) is 5.01. The van der Waals surface area contributed by atoms with E-state index >= 15 is 0 Å². The summed E-state index contributed by atoms with van der Waals surface area (Å²) < 4.78 is 0. The number of aromatic nitrogens is 2. The van der Waals surface area contributed by atoms with Gasteiger partial charge in [-0.3, -0.25) is 9.89 Å². The number of carbonyl (C=O) groups excluding carboxylic acids is 1. The van der Waals surface area contributed by atoms with E-state index in [9.17, 15) is 4.79 Å². The molecule has 1 aromatic heterocycles. The zero-order valence-corrected chi connectivity index (χ0v) is 18.2. The lowest BCUT2D eigenvalue weighted by atomic mass is 9.99. The van der Waals surface area contributed by atoms with Crippen LogP contribution >= 0.6 is 0 Å². The Morgan fingerprint density at radius 1 is 1.03 bits per heavy atom. The highest BCUT2D eigenvalue weighted by molar-refractivity contribution is 5.96. The van der Waals surface area contributed by atoms with Gasteiger partial charge in [-0.2, -0.15) is 5.10 Å². The van der Waals surface area contributed by atoms with E-state index in [2.05, 4.69) is 65.7 Å². The van der Waals surface area contributed by atoms with Crippen molar-refractivity contribution in [2.75, 3.05) is 20.6 Å². The number of amides is 1. The van der Waals surface area contributed by atoms with Gasteiger partial charge in [0.2, 0.25) is 0 Å². The third-order valence-electron chi connectivity index (χ3n) is 5.51. The van der Waals surface area contributed by atoms with Crippen molar-refractivity contribution >= 4 is 16.8 Å². The number of H-pyrrole nitrogens is 1. The molecule has 0 saturated carbocycles. The van der Waals surface area contributed by atoms with Gasteiger partial charge in [-0.15, -0.1) is 0 Å². The molecule has 4 aromatic rings. The molecule has 5 heteroatoms. The van der Waals surface area contributed by atoms with Crippen molar-refractivity contribution < 1.29 is 4.79 Å². The fourth-order valence-electron chi connectivity index (χ4n) is 3.80. The van der Waals surface area contributed by atoms with Crippen molar-refractivity contribution in [3.63, 3.8) is 0 Å². The molecule has 0 radical (unpaired) electrons. The summed E-state index contributed by atoms with van der Waals surface area (Å²) in [4.78, 5) is 15.3. The Morgan fingerprint density at radius 3 is 2.65 bits per heavy atom. The highest BCUT2D eigenvalue weighted by Gasteiger charge is 2.17. The second-order valence-corrected chi connectivity index (χ2v) is 8.28. The zero-order chi connectivity index (χ0) is 21.8. The van der Waals surface area contributed by atoms with Gasteiger partial charge in [0, 0.05) is 10.9 Å². The number of nitrogens with one attached hydrogen (secondary N) is 2. The zero-order valence-electron chi connectivity index (χ0n) is 18.2. The molecule has 0 aliphatic heterocycles. The minimum absolute atomic E-state index is 0.0410. The molecule has 0 aliphatic carbocycles. The number of carbonyl (C=O) groups is 1. The molecule has 1 heterocycles. The smallest absolute Gasteiger partial charge is 0.251 e. The predicted octanol–water partition coefficient (Wildman–Crippen LogP) is 4.96. The Bertz CT molecular complexity index is 1190. The first kappa shape index (κ1) is 20.8. The Labute approximate surface area is 183 Å². The van der Waals surface area contributed by atoms with Crippen LogP contribution in [-0.4, -0.2) is 41.6 Å². The summed E-state index contributed by atoms with van der Waals surface area (Å²) in [5.74, 6) is -0.0588. The summed E-state index contributed by atoms with van der Waals surface area (Å²) >= 11 is 0. The van der Waals surface area contributed by atoms with Crippen molar-refractivity contribution in [2.45, 2.75) is 19.4 Å². The van der Waals surface area contributed by atoms with Crippen LogP contribution in [0, 0.1) is 6.92 Å². The van der Waals surface area contributed by atoms with E-state index in [4.69, 9.17) is 0 Å². The molecular formula is C26H28N4O. The molecule has 1 amide bonds. The highest BCUT2D eigenvalue weighted by Crippen LogP contribution is 2.25. The largest absolute Gasteiger partial charge is 0.345 e. The average molecular weight is 413 g/mol. The topological polar surface area (TPSA) is 61.0 Å². The van der Waals surface area contributed by atoms with Crippen LogP contribution in [0.25, 0.3) is 22.0 Å². The maximum atomic E-state index is 13.2. The van der Waals surface area contributed by atoms with Crippen LogP contribution in [-0.2, 0) is 0 Å². The molecule has 0 saturated heterocycles. The van der Waals surface area contributed by atoms with E-state index in [0.717, 1.165) is 40.6 Å². The van der Waals surface area contributed by atoms with E-state index in [1.807, 2.05) is 48.7 Å². The van der Waals surface area contributed by atoms with Gasteiger partial charge in [-0.1, -0.05) is 48.0 Å². The number of rotatable bonds is 7. The number of nitrogens with zero attached hydrogens (tertiary/aromatic N) is 2. The third-order valence-corrected chi connectivity index (χ3v) is 5.51. The number of benzene rings is 3. The number of hydrogen-bond donors (Lipinski definition) is 2. The van der Waals surface area contributed by atoms with Crippen molar-refractivity contribution in [2.24, 2.45) is 0 Å². The van der Waals surface area contributed by atoms with Crippen LogP contribution in [0.3, 0.4) is 0 Å². The van der Waals surface area contributed by atoms with Gasteiger partial charge in [-0.05, 0) is 74.9 Å². The van der Waals surface area contributed by atoms with E-state index in [-0.39, 0.29) is 11.9 Å². The Kier molecular flexibility index (Phi) is 6.14. The first-order valence-corrected chi connectivity index (χ1v) is 10.6. The number of aromatic amines is 1. The monoisotopic (exact) mass is 412 g/mol. The fourth-order valence-corrected chi connectivity index (χ4v) is 3.80. The lowest BCUT2D eigenvalue weighted by Gasteiger charge is -2.22. The molecule has 0 spiro atoms. The average Bonchev–Trinajstić information content (AvgIpc) is 3.24. The first-order chi connectivity index (χ1) is 15.0. The van der Waals surface area contributed by atoms with Gasteiger partial charge >= 0.3 is 0 Å². The number of fused-ring (bicyclic) bond motifs is 1. The van der Waals surface area contributed by atoms with Gasteiger partial charge in [0.05, 0.1) is 17.8 Å². The van der Waals surface area contributed by atoms with Crippen LogP contribution in [0.4, 0.5) is 0 Å². The molecule has 158 valence electrons. The molecule has 3 aromatic carbocycles. The lowest BCUT2D eigenvalue weighted by molar-refractivity contribution is 0.0932. The Balaban J connectivity index is 1.57. The standard InChI is InChI=1S/C26H28N4O/c1-18-6-4-8-21(14-18)24(12-13-30(2)3)28-26(31)22-9-5-7-19(15-22)20-10-11-25-23(16-20)17-27-29-25/h4-11,14-17,24H,12-13H2,1-3H3,(H,27,29)(H,28,31). The van der Waals surface area contributed by atoms with Crippen LogP contribution in [0.15, 0.2) is 72.9 Å².